The Morgan fingerprint density at radius 1 is 1.33 bits per heavy atom. The maximum Gasteiger partial charge on any atom is 0.282 e. The van der Waals surface area contributed by atoms with Crippen molar-refractivity contribution < 1.29 is 4.92 Å². The zero-order chi connectivity index (χ0) is 12.7. The van der Waals surface area contributed by atoms with Gasteiger partial charge in [-0.05, 0) is 66.3 Å². The lowest BCUT2D eigenvalue weighted by molar-refractivity contribution is -0.385. The van der Waals surface area contributed by atoms with Crippen LogP contribution >= 0.6 is 22.6 Å². The molecule has 3 rings (SSSR count). The van der Waals surface area contributed by atoms with Gasteiger partial charge in [0.05, 0.1) is 8.49 Å². The van der Waals surface area contributed by atoms with Crippen molar-refractivity contribution in [1.29, 1.82) is 0 Å². The van der Waals surface area contributed by atoms with Gasteiger partial charge in [-0.1, -0.05) is 0 Å². The minimum atomic E-state index is -0.312. The number of anilines is 1. The Bertz CT molecular complexity index is 484. The molecular weight excluding hydrogens is 343 g/mol. The van der Waals surface area contributed by atoms with Gasteiger partial charge < -0.3 is 4.90 Å². The molecule has 1 aromatic rings. The molecule has 96 valence electrons. The molecule has 2 aliphatic carbocycles. The SMILES string of the molecule is O=[N+]([O-])c1ccc(N(CC2CC2)C2CC2)cc1I. The molecule has 2 saturated carbocycles. The standard InChI is InChI=1S/C13H15IN2O2/c14-12-7-11(5-6-13(12)16(17)18)15(10-3-4-10)8-9-1-2-9/h5-7,9-10H,1-4,8H2. The summed E-state index contributed by atoms with van der Waals surface area (Å²) in [6.45, 7) is 1.12. The number of rotatable bonds is 5. The number of nitro benzene ring substituents is 1. The predicted molar refractivity (Wildman–Crippen MR) is 78.9 cm³/mol. The van der Waals surface area contributed by atoms with Crippen LogP contribution < -0.4 is 4.90 Å². The van der Waals surface area contributed by atoms with Gasteiger partial charge in [-0.3, -0.25) is 10.1 Å². The van der Waals surface area contributed by atoms with Crippen molar-refractivity contribution in [2.75, 3.05) is 11.4 Å². The fourth-order valence-corrected chi connectivity index (χ4v) is 2.95. The van der Waals surface area contributed by atoms with Crippen molar-refractivity contribution >= 4 is 34.0 Å². The third-order valence-corrected chi connectivity index (χ3v) is 4.46. The summed E-state index contributed by atoms with van der Waals surface area (Å²) in [4.78, 5) is 13.0. The van der Waals surface area contributed by atoms with Crippen LogP contribution in [0.1, 0.15) is 25.7 Å². The van der Waals surface area contributed by atoms with Gasteiger partial charge in [-0.15, -0.1) is 0 Å². The van der Waals surface area contributed by atoms with Gasteiger partial charge in [0, 0.05) is 24.3 Å². The summed E-state index contributed by atoms with van der Waals surface area (Å²) < 4.78 is 0.733. The van der Waals surface area contributed by atoms with Gasteiger partial charge >= 0.3 is 0 Å². The molecule has 0 N–H and O–H groups in total. The Kier molecular flexibility index (Phi) is 3.17. The molecule has 0 aliphatic heterocycles. The molecule has 0 heterocycles. The van der Waals surface area contributed by atoms with Crippen LogP contribution in [0.15, 0.2) is 18.2 Å². The zero-order valence-corrected chi connectivity index (χ0v) is 12.2. The minimum absolute atomic E-state index is 0.210. The number of halogens is 1. The molecule has 2 aliphatic rings. The molecule has 1 aromatic carbocycles. The van der Waals surface area contributed by atoms with E-state index in [1.165, 1.54) is 25.7 Å². The average Bonchev–Trinajstić information content (AvgIpc) is 3.18. The second-order valence-corrected chi connectivity index (χ2v) is 6.38. The molecule has 0 unspecified atom stereocenters. The Labute approximate surface area is 120 Å². The summed E-state index contributed by atoms with van der Waals surface area (Å²) in [5.74, 6) is 0.846. The fourth-order valence-electron chi connectivity index (χ4n) is 2.25. The highest BCUT2D eigenvalue weighted by atomic mass is 127. The van der Waals surface area contributed by atoms with Gasteiger partial charge in [-0.2, -0.15) is 0 Å². The first kappa shape index (κ1) is 12.2. The molecule has 2 fully saturated rings. The van der Waals surface area contributed by atoms with E-state index >= 15 is 0 Å². The number of hydrogen-bond donors (Lipinski definition) is 0. The largest absolute Gasteiger partial charge is 0.368 e. The first-order valence-electron chi connectivity index (χ1n) is 6.36. The van der Waals surface area contributed by atoms with Crippen LogP contribution in [-0.4, -0.2) is 17.5 Å². The average molecular weight is 358 g/mol. The second kappa shape index (κ2) is 4.68. The Morgan fingerprint density at radius 2 is 2.06 bits per heavy atom. The number of nitrogens with zero attached hydrogens (tertiary/aromatic N) is 2. The van der Waals surface area contributed by atoms with E-state index < -0.39 is 0 Å². The van der Waals surface area contributed by atoms with E-state index in [9.17, 15) is 10.1 Å². The van der Waals surface area contributed by atoms with Crippen LogP contribution in [-0.2, 0) is 0 Å². The molecule has 0 aromatic heterocycles. The molecule has 0 radical (unpaired) electrons. The lowest BCUT2D eigenvalue weighted by Crippen LogP contribution is -2.28. The number of nitro groups is 1. The van der Waals surface area contributed by atoms with Crippen LogP contribution in [0.2, 0.25) is 0 Å². The van der Waals surface area contributed by atoms with Crippen molar-refractivity contribution in [2.45, 2.75) is 31.7 Å². The van der Waals surface area contributed by atoms with E-state index in [1.807, 2.05) is 12.1 Å². The molecule has 5 heteroatoms. The summed E-state index contributed by atoms with van der Waals surface area (Å²) in [5, 5.41) is 10.8. The predicted octanol–water partition coefficient (Wildman–Crippen LogP) is 3.58. The van der Waals surface area contributed by atoms with E-state index in [1.54, 1.807) is 6.07 Å². The monoisotopic (exact) mass is 358 g/mol. The highest BCUT2D eigenvalue weighted by Crippen LogP contribution is 2.38. The molecule has 0 bridgehead atoms. The van der Waals surface area contributed by atoms with Crippen LogP contribution in [0.3, 0.4) is 0 Å². The summed E-state index contributed by atoms with van der Waals surface area (Å²) in [6, 6.07) is 6.17. The van der Waals surface area contributed by atoms with Gasteiger partial charge in [0.15, 0.2) is 0 Å². The zero-order valence-electron chi connectivity index (χ0n) is 10.0. The molecule has 0 spiro atoms. The highest BCUT2D eigenvalue weighted by Gasteiger charge is 2.34. The Balaban J connectivity index is 1.84. The van der Waals surface area contributed by atoms with E-state index in [-0.39, 0.29) is 10.6 Å². The minimum Gasteiger partial charge on any atom is -0.368 e. The maximum absolute atomic E-state index is 10.8. The topological polar surface area (TPSA) is 46.4 Å². The second-order valence-electron chi connectivity index (χ2n) is 5.22. The molecule has 0 amide bonds. The summed E-state index contributed by atoms with van der Waals surface area (Å²) in [5.41, 5.74) is 1.36. The molecule has 18 heavy (non-hydrogen) atoms. The number of benzene rings is 1. The first-order chi connectivity index (χ1) is 8.65. The molecule has 4 nitrogen and oxygen atoms in total. The fraction of sp³-hybridized carbons (Fsp3) is 0.538. The summed E-state index contributed by atoms with van der Waals surface area (Å²) >= 11 is 2.06. The smallest absolute Gasteiger partial charge is 0.282 e. The van der Waals surface area contributed by atoms with E-state index in [4.69, 9.17) is 0 Å². The van der Waals surface area contributed by atoms with Crippen molar-refractivity contribution in [1.82, 2.24) is 0 Å². The quantitative estimate of drug-likeness (QED) is 0.459. The summed E-state index contributed by atoms with van der Waals surface area (Å²) in [6.07, 6.45) is 5.21. The lowest BCUT2D eigenvalue weighted by Gasteiger charge is -2.24. The van der Waals surface area contributed by atoms with Gasteiger partial charge in [-0.25, -0.2) is 0 Å². The van der Waals surface area contributed by atoms with Crippen LogP contribution in [0.4, 0.5) is 11.4 Å². The number of hydrogen-bond acceptors (Lipinski definition) is 3. The van der Waals surface area contributed by atoms with Crippen molar-refractivity contribution in [2.24, 2.45) is 5.92 Å². The van der Waals surface area contributed by atoms with E-state index in [0.29, 0.717) is 6.04 Å². The van der Waals surface area contributed by atoms with Gasteiger partial charge in [0.1, 0.15) is 0 Å². The Hall–Kier alpha value is -0.850. The maximum atomic E-state index is 10.8. The van der Waals surface area contributed by atoms with Gasteiger partial charge in [0.2, 0.25) is 0 Å². The normalized spacial score (nSPS) is 18.7. The first-order valence-corrected chi connectivity index (χ1v) is 7.43. The third-order valence-electron chi connectivity index (χ3n) is 3.60. The van der Waals surface area contributed by atoms with E-state index in [0.717, 1.165) is 21.7 Å². The Morgan fingerprint density at radius 3 is 2.56 bits per heavy atom. The van der Waals surface area contributed by atoms with Crippen molar-refractivity contribution in [3.63, 3.8) is 0 Å². The van der Waals surface area contributed by atoms with Crippen LogP contribution in [0, 0.1) is 19.6 Å². The van der Waals surface area contributed by atoms with Crippen LogP contribution in [0.25, 0.3) is 0 Å². The van der Waals surface area contributed by atoms with Crippen molar-refractivity contribution in [3.8, 4) is 0 Å². The highest BCUT2D eigenvalue weighted by molar-refractivity contribution is 14.1. The lowest BCUT2D eigenvalue weighted by atomic mass is 10.2. The molecule has 0 saturated heterocycles. The summed E-state index contributed by atoms with van der Waals surface area (Å²) in [7, 11) is 0. The van der Waals surface area contributed by atoms with E-state index in [2.05, 4.69) is 27.5 Å². The molecule has 0 atom stereocenters. The van der Waals surface area contributed by atoms with Gasteiger partial charge in [0.25, 0.3) is 5.69 Å². The van der Waals surface area contributed by atoms with Crippen molar-refractivity contribution in [3.05, 3.63) is 31.9 Å². The van der Waals surface area contributed by atoms with Crippen LogP contribution in [0.5, 0.6) is 0 Å². The molecular formula is C13H15IN2O2. The third kappa shape index (κ3) is 2.60.